The molecule has 1 nitrogen and oxygen atoms in total. The van der Waals surface area contributed by atoms with Crippen LogP contribution < -0.4 is 0 Å². The summed E-state index contributed by atoms with van der Waals surface area (Å²) in [6.45, 7) is 9.28. The summed E-state index contributed by atoms with van der Waals surface area (Å²) in [5, 5.41) is 0. The predicted octanol–water partition coefficient (Wildman–Crippen LogP) is 3.49. The Bertz CT molecular complexity index is 292. The minimum absolute atomic E-state index is 0.296. The van der Waals surface area contributed by atoms with Crippen LogP contribution >= 0.6 is 11.3 Å². The van der Waals surface area contributed by atoms with Gasteiger partial charge in [0, 0.05) is 15.7 Å². The molecule has 0 atom stereocenters. The van der Waals surface area contributed by atoms with E-state index in [2.05, 4.69) is 32.7 Å². The molecule has 1 aliphatic rings. The second-order valence-corrected chi connectivity index (χ2v) is 6.15. The first-order chi connectivity index (χ1) is 5.93. The molecule has 0 saturated carbocycles. The highest BCUT2D eigenvalue weighted by atomic mass is 32.1. The van der Waals surface area contributed by atoms with E-state index in [-0.39, 0.29) is 0 Å². The summed E-state index contributed by atoms with van der Waals surface area (Å²) in [4.78, 5) is 6.03. The van der Waals surface area contributed by atoms with Crippen molar-refractivity contribution in [1.29, 1.82) is 0 Å². The van der Waals surface area contributed by atoms with Crippen LogP contribution in [0.1, 0.15) is 51.1 Å². The normalized spacial score (nSPS) is 24.0. The van der Waals surface area contributed by atoms with E-state index in [1.54, 1.807) is 0 Å². The van der Waals surface area contributed by atoms with Gasteiger partial charge in [-0.25, -0.2) is 4.98 Å². The smallest absolute Gasteiger partial charge is 0.0798 e. The fraction of sp³-hybridized carbons (Fsp3) is 0.727. The fourth-order valence-corrected chi connectivity index (χ4v) is 3.19. The van der Waals surface area contributed by atoms with E-state index in [4.69, 9.17) is 0 Å². The van der Waals surface area contributed by atoms with E-state index in [0.717, 1.165) is 0 Å². The lowest BCUT2D eigenvalue weighted by molar-refractivity contribution is 0.331. The van der Waals surface area contributed by atoms with Gasteiger partial charge in [-0.1, -0.05) is 27.7 Å². The van der Waals surface area contributed by atoms with E-state index in [1.165, 1.54) is 23.4 Å². The van der Waals surface area contributed by atoms with Crippen molar-refractivity contribution >= 4 is 11.3 Å². The van der Waals surface area contributed by atoms with Gasteiger partial charge < -0.3 is 0 Å². The van der Waals surface area contributed by atoms with E-state index in [0.29, 0.717) is 10.8 Å². The highest BCUT2D eigenvalue weighted by molar-refractivity contribution is 7.10. The van der Waals surface area contributed by atoms with Crippen molar-refractivity contribution in [1.82, 2.24) is 4.98 Å². The molecule has 0 aliphatic heterocycles. The molecular weight excluding hydrogens is 178 g/mol. The Kier molecular flexibility index (Phi) is 1.82. The third kappa shape index (κ3) is 1.32. The second kappa shape index (κ2) is 2.57. The highest BCUT2D eigenvalue weighted by Crippen LogP contribution is 2.46. The molecule has 1 aromatic heterocycles. The lowest BCUT2D eigenvalue weighted by atomic mass is 9.69. The molecule has 0 N–H and O–H groups in total. The topological polar surface area (TPSA) is 12.9 Å². The summed E-state index contributed by atoms with van der Waals surface area (Å²) in [6, 6.07) is 0. The van der Waals surface area contributed by atoms with E-state index in [1.807, 2.05) is 16.8 Å². The molecule has 1 aromatic rings. The number of thiazole rings is 1. The van der Waals surface area contributed by atoms with Gasteiger partial charge in [-0.3, -0.25) is 0 Å². The minimum Gasteiger partial charge on any atom is -0.249 e. The molecule has 0 bridgehead atoms. The molecular formula is C11H17NS. The Hall–Kier alpha value is -0.370. The quantitative estimate of drug-likeness (QED) is 0.617. The molecule has 13 heavy (non-hydrogen) atoms. The number of hydrogen-bond acceptors (Lipinski definition) is 2. The van der Waals surface area contributed by atoms with Gasteiger partial charge in [0.15, 0.2) is 0 Å². The lowest BCUT2D eigenvalue weighted by Gasteiger charge is -2.37. The van der Waals surface area contributed by atoms with Crippen LogP contribution in [-0.4, -0.2) is 4.98 Å². The van der Waals surface area contributed by atoms with Crippen LogP contribution in [0.15, 0.2) is 5.51 Å². The van der Waals surface area contributed by atoms with E-state index < -0.39 is 0 Å². The SMILES string of the molecule is CC1(C)CCC(C)(C)c2scnc21. The molecule has 2 rings (SSSR count). The van der Waals surface area contributed by atoms with Crippen molar-refractivity contribution in [2.24, 2.45) is 0 Å². The van der Waals surface area contributed by atoms with E-state index in [9.17, 15) is 0 Å². The van der Waals surface area contributed by atoms with Crippen LogP contribution in [-0.2, 0) is 10.8 Å². The molecule has 0 fully saturated rings. The maximum absolute atomic E-state index is 4.52. The van der Waals surface area contributed by atoms with Gasteiger partial charge in [-0.05, 0) is 12.8 Å². The lowest BCUT2D eigenvalue weighted by Crippen LogP contribution is -2.32. The molecule has 0 radical (unpaired) electrons. The van der Waals surface area contributed by atoms with Gasteiger partial charge in [0.1, 0.15) is 0 Å². The van der Waals surface area contributed by atoms with Crippen molar-refractivity contribution in [3.8, 4) is 0 Å². The summed E-state index contributed by atoms with van der Waals surface area (Å²) >= 11 is 1.82. The molecule has 1 aliphatic carbocycles. The Labute approximate surface area is 84.2 Å². The van der Waals surface area contributed by atoms with Crippen LogP contribution in [0.3, 0.4) is 0 Å². The average molecular weight is 195 g/mol. The van der Waals surface area contributed by atoms with Crippen LogP contribution in [0.5, 0.6) is 0 Å². The number of aromatic nitrogens is 1. The predicted molar refractivity (Wildman–Crippen MR) is 57.4 cm³/mol. The molecule has 2 heteroatoms. The van der Waals surface area contributed by atoms with Gasteiger partial charge in [-0.15, -0.1) is 11.3 Å². The number of fused-ring (bicyclic) bond motifs is 1. The Morgan fingerprint density at radius 1 is 1.15 bits per heavy atom. The van der Waals surface area contributed by atoms with Crippen LogP contribution in [0.4, 0.5) is 0 Å². The van der Waals surface area contributed by atoms with Gasteiger partial charge >= 0.3 is 0 Å². The van der Waals surface area contributed by atoms with Crippen molar-refractivity contribution < 1.29 is 0 Å². The number of rotatable bonds is 0. The summed E-state index contributed by atoms with van der Waals surface area (Å²) in [5.74, 6) is 0. The zero-order valence-corrected chi connectivity index (χ0v) is 9.66. The Morgan fingerprint density at radius 3 is 2.38 bits per heavy atom. The van der Waals surface area contributed by atoms with Crippen molar-refractivity contribution in [2.45, 2.75) is 51.4 Å². The molecule has 0 spiro atoms. The second-order valence-electron chi connectivity index (χ2n) is 5.30. The zero-order chi connectivity index (χ0) is 9.69. The largest absolute Gasteiger partial charge is 0.249 e. The highest BCUT2D eigenvalue weighted by Gasteiger charge is 2.39. The zero-order valence-electron chi connectivity index (χ0n) is 8.85. The molecule has 0 saturated heterocycles. The third-order valence-corrected chi connectivity index (χ3v) is 4.39. The van der Waals surface area contributed by atoms with Crippen LogP contribution in [0.2, 0.25) is 0 Å². The van der Waals surface area contributed by atoms with Crippen LogP contribution in [0, 0.1) is 0 Å². The minimum atomic E-state index is 0.296. The fourth-order valence-electron chi connectivity index (χ4n) is 2.07. The van der Waals surface area contributed by atoms with Crippen LogP contribution in [0.25, 0.3) is 0 Å². The number of nitrogens with zero attached hydrogens (tertiary/aromatic N) is 1. The summed E-state index contributed by atoms with van der Waals surface area (Å²) in [6.07, 6.45) is 2.55. The third-order valence-electron chi connectivity index (χ3n) is 3.20. The van der Waals surface area contributed by atoms with Gasteiger partial charge in [0.2, 0.25) is 0 Å². The summed E-state index contributed by atoms with van der Waals surface area (Å²) in [5.41, 5.74) is 3.99. The molecule has 0 amide bonds. The first kappa shape index (κ1) is 9.20. The maximum Gasteiger partial charge on any atom is 0.0798 e. The molecule has 1 heterocycles. The molecule has 0 unspecified atom stereocenters. The van der Waals surface area contributed by atoms with E-state index >= 15 is 0 Å². The average Bonchev–Trinajstić information content (AvgIpc) is 2.48. The summed E-state index contributed by atoms with van der Waals surface area (Å²) in [7, 11) is 0. The monoisotopic (exact) mass is 195 g/mol. The van der Waals surface area contributed by atoms with Crippen molar-refractivity contribution in [2.75, 3.05) is 0 Å². The van der Waals surface area contributed by atoms with Gasteiger partial charge in [0.25, 0.3) is 0 Å². The maximum atomic E-state index is 4.52. The molecule has 72 valence electrons. The number of hydrogen-bond donors (Lipinski definition) is 0. The van der Waals surface area contributed by atoms with Crippen molar-refractivity contribution in [3.63, 3.8) is 0 Å². The van der Waals surface area contributed by atoms with Crippen molar-refractivity contribution in [3.05, 3.63) is 16.1 Å². The molecule has 0 aromatic carbocycles. The standard InChI is InChI=1S/C11H17NS/c1-10(2)5-6-11(3,4)9-8(10)12-7-13-9/h7H,5-6H2,1-4H3. The summed E-state index contributed by atoms with van der Waals surface area (Å²) < 4.78 is 0. The first-order valence-electron chi connectivity index (χ1n) is 4.88. The van der Waals surface area contributed by atoms with Gasteiger partial charge in [0.05, 0.1) is 11.2 Å². The van der Waals surface area contributed by atoms with Gasteiger partial charge in [-0.2, -0.15) is 0 Å². The first-order valence-corrected chi connectivity index (χ1v) is 5.76. The Morgan fingerprint density at radius 2 is 1.77 bits per heavy atom. The Balaban J connectivity index is 2.56.